The molecule has 1 saturated carbocycles. The average molecular weight is 242 g/mol. The molecule has 0 saturated heterocycles. The highest BCUT2D eigenvalue weighted by atomic mass is 14.9. The first kappa shape index (κ1) is 13.1. The van der Waals surface area contributed by atoms with Crippen molar-refractivity contribution < 1.29 is 0 Å². The van der Waals surface area contributed by atoms with Crippen LogP contribution < -0.4 is 5.32 Å². The van der Waals surface area contributed by atoms with Gasteiger partial charge in [0.2, 0.25) is 0 Å². The summed E-state index contributed by atoms with van der Waals surface area (Å²) in [6.07, 6.45) is 1.18. The fourth-order valence-corrected chi connectivity index (χ4v) is 3.02. The molecule has 1 aromatic rings. The average Bonchev–Trinajstić information content (AvgIpc) is 2.91. The second-order valence-electron chi connectivity index (χ2n) is 5.85. The highest BCUT2D eigenvalue weighted by Crippen LogP contribution is 2.64. The van der Waals surface area contributed by atoms with E-state index >= 15 is 0 Å². The maximum Gasteiger partial charge on any atom is 0.0991 e. The predicted molar refractivity (Wildman–Crippen MR) is 74.3 cm³/mol. The lowest BCUT2D eigenvalue weighted by molar-refractivity contribution is 0.518. The van der Waals surface area contributed by atoms with Gasteiger partial charge in [-0.2, -0.15) is 5.26 Å². The first-order valence-corrected chi connectivity index (χ1v) is 6.82. The van der Waals surface area contributed by atoms with Gasteiger partial charge < -0.3 is 5.32 Å². The fraction of sp³-hybridized carbons (Fsp3) is 0.562. The molecule has 2 nitrogen and oxygen atoms in total. The van der Waals surface area contributed by atoms with Crippen LogP contribution in [-0.2, 0) is 0 Å². The SMILES string of the molecule is CCCNCC1C(c2cccc(C#N)c2)C1(C)C. The van der Waals surface area contributed by atoms with E-state index < -0.39 is 0 Å². The Morgan fingerprint density at radius 1 is 1.39 bits per heavy atom. The summed E-state index contributed by atoms with van der Waals surface area (Å²) >= 11 is 0. The fourth-order valence-electron chi connectivity index (χ4n) is 3.02. The van der Waals surface area contributed by atoms with E-state index in [9.17, 15) is 0 Å². The number of hydrogen-bond acceptors (Lipinski definition) is 2. The van der Waals surface area contributed by atoms with Gasteiger partial charge in [0.25, 0.3) is 0 Å². The zero-order valence-electron chi connectivity index (χ0n) is 11.5. The van der Waals surface area contributed by atoms with E-state index in [1.807, 2.05) is 18.2 Å². The van der Waals surface area contributed by atoms with Crippen molar-refractivity contribution in [3.05, 3.63) is 35.4 Å². The Morgan fingerprint density at radius 2 is 2.17 bits per heavy atom. The van der Waals surface area contributed by atoms with Crippen molar-refractivity contribution >= 4 is 0 Å². The predicted octanol–water partition coefficient (Wildman–Crippen LogP) is 3.30. The maximum absolute atomic E-state index is 8.97. The third-order valence-corrected chi connectivity index (χ3v) is 4.22. The van der Waals surface area contributed by atoms with Crippen LogP contribution in [0.1, 0.15) is 44.2 Å². The molecular weight excluding hydrogens is 220 g/mol. The lowest BCUT2D eigenvalue weighted by atomic mass is 10.0. The van der Waals surface area contributed by atoms with Crippen LogP contribution in [-0.4, -0.2) is 13.1 Å². The van der Waals surface area contributed by atoms with Gasteiger partial charge in [0.15, 0.2) is 0 Å². The number of rotatable bonds is 5. The van der Waals surface area contributed by atoms with Crippen LogP contribution in [0.25, 0.3) is 0 Å². The molecule has 1 aromatic carbocycles. The van der Waals surface area contributed by atoms with E-state index in [0.29, 0.717) is 17.3 Å². The van der Waals surface area contributed by atoms with Gasteiger partial charge in [-0.15, -0.1) is 0 Å². The molecule has 0 aromatic heterocycles. The summed E-state index contributed by atoms with van der Waals surface area (Å²) in [4.78, 5) is 0. The molecular formula is C16H22N2. The first-order valence-electron chi connectivity index (χ1n) is 6.82. The van der Waals surface area contributed by atoms with E-state index in [4.69, 9.17) is 5.26 Å². The Hall–Kier alpha value is -1.33. The minimum absolute atomic E-state index is 0.356. The second kappa shape index (κ2) is 5.12. The van der Waals surface area contributed by atoms with Gasteiger partial charge in [-0.05, 0) is 54.5 Å². The van der Waals surface area contributed by atoms with Crippen LogP contribution in [0.2, 0.25) is 0 Å². The van der Waals surface area contributed by atoms with E-state index in [1.54, 1.807) is 0 Å². The Kier molecular flexibility index (Phi) is 3.73. The zero-order chi connectivity index (χ0) is 13.2. The number of nitriles is 1. The molecule has 2 heteroatoms. The number of hydrogen-bond donors (Lipinski definition) is 1. The van der Waals surface area contributed by atoms with Crippen LogP contribution in [0.5, 0.6) is 0 Å². The molecule has 1 fully saturated rings. The van der Waals surface area contributed by atoms with Crippen molar-refractivity contribution in [3.63, 3.8) is 0 Å². The van der Waals surface area contributed by atoms with Gasteiger partial charge in [-0.3, -0.25) is 0 Å². The molecule has 1 N–H and O–H groups in total. The summed E-state index contributed by atoms with van der Waals surface area (Å²) in [5, 5.41) is 12.5. The molecule has 96 valence electrons. The third kappa shape index (κ3) is 2.42. The summed E-state index contributed by atoms with van der Waals surface area (Å²) in [5.41, 5.74) is 2.45. The zero-order valence-corrected chi connectivity index (χ0v) is 11.5. The van der Waals surface area contributed by atoms with Crippen molar-refractivity contribution in [2.75, 3.05) is 13.1 Å². The third-order valence-electron chi connectivity index (χ3n) is 4.22. The summed E-state index contributed by atoms with van der Waals surface area (Å²) in [6.45, 7) is 9.03. The van der Waals surface area contributed by atoms with Crippen LogP contribution >= 0.6 is 0 Å². The molecule has 0 heterocycles. The van der Waals surface area contributed by atoms with Crippen molar-refractivity contribution in [3.8, 4) is 6.07 Å². The van der Waals surface area contributed by atoms with E-state index in [1.165, 1.54) is 12.0 Å². The minimum Gasteiger partial charge on any atom is -0.316 e. The lowest BCUT2D eigenvalue weighted by Crippen LogP contribution is -2.19. The Morgan fingerprint density at radius 3 is 2.83 bits per heavy atom. The van der Waals surface area contributed by atoms with Crippen LogP contribution in [0, 0.1) is 22.7 Å². The summed E-state index contributed by atoms with van der Waals surface area (Å²) in [7, 11) is 0. The molecule has 1 aliphatic rings. The Balaban J connectivity index is 2.07. The quantitative estimate of drug-likeness (QED) is 0.804. The molecule has 0 bridgehead atoms. The van der Waals surface area contributed by atoms with Gasteiger partial charge in [-0.1, -0.05) is 32.9 Å². The van der Waals surface area contributed by atoms with E-state index in [-0.39, 0.29) is 0 Å². The molecule has 0 aliphatic heterocycles. The van der Waals surface area contributed by atoms with Gasteiger partial charge in [0.05, 0.1) is 11.6 Å². The lowest BCUT2D eigenvalue weighted by Gasteiger charge is -2.03. The standard InChI is InChI=1S/C16H22N2/c1-4-8-18-11-14-15(16(14,2)3)13-7-5-6-12(9-13)10-17/h5-7,9,14-15,18H,4,8,11H2,1-3H3. The molecule has 0 amide bonds. The monoisotopic (exact) mass is 242 g/mol. The molecule has 2 atom stereocenters. The smallest absolute Gasteiger partial charge is 0.0991 e. The van der Waals surface area contributed by atoms with Crippen molar-refractivity contribution in [1.82, 2.24) is 5.32 Å². The van der Waals surface area contributed by atoms with Crippen molar-refractivity contribution in [2.45, 2.75) is 33.1 Å². The van der Waals surface area contributed by atoms with Crippen molar-refractivity contribution in [1.29, 1.82) is 5.26 Å². The molecule has 1 aliphatic carbocycles. The highest BCUT2D eigenvalue weighted by Gasteiger charge is 2.57. The molecule has 2 unspecified atom stereocenters. The Bertz CT molecular complexity index is 456. The largest absolute Gasteiger partial charge is 0.316 e. The number of nitrogens with one attached hydrogen (secondary N) is 1. The van der Waals surface area contributed by atoms with Crippen LogP contribution in [0.3, 0.4) is 0 Å². The first-order chi connectivity index (χ1) is 8.61. The van der Waals surface area contributed by atoms with Gasteiger partial charge in [0, 0.05) is 0 Å². The van der Waals surface area contributed by atoms with Crippen LogP contribution in [0.4, 0.5) is 0 Å². The minimum atomic E-state index is 0.356. The summed E-state index contributed by atoms with van der Waals surface area (Å²) in [6, 6.07) is 10.3. The highest BCUT2D eigenvalue weighted by molar-refractivity contribution is 5.39. The maximum atomic E-state index is 8.97. The molecule has 18 heavy (non-hydrogen) atoms. The van der Waals surface area contributed by atoms with Gasteiger partial charge in [0.1, 0.15) is 0 Å². The molecule has 0 spiro atoms. The summed E-state index contributed by atoms with van der Waals surface area (Å²) in [5.74, 6) is 1.29. The number of nitrogens with zero attached hydrogens (tertiary/aromatic N) is 1. The van der Waals surface area contributed by atoms with Gasteiger partial charge in [-0.25, -0.2) is 0 Å². The van der Waals surface area contributed by atoms with Gasteiger partial charge >= 0.3 is 0 Å². The molecule has 0 radical (unpaired) electrons. The summed E-state index contributed by atoms with van der Waals surface area (Å²) < 4.78 is 0. The normalized spacial score (nSPS) is 24.6. The van der Waals surface area contributed by atoms with Crippen LogP contribution in [0.15, 0.2) is 24.3 Å². The second-order valence-corrected chi connectivity index (χ2v) is 5.85. The van der Waals surface area contributed by atoms with Crippen molar-refractivity contribution in [2.24, 2.45) is 11.3 Å². The van der Waals surface area contributed by atoms with E-state index in [0.717, 1.165) is 18.7 Å². The Labute approximate surface area is 110 Å². The number of benzene rings is 1. The topological polar surface area (TPSA) is 35.8 Å². The van der Waals surface area contributed by atoms with E-state index in [2.05, 4.69) is 38.2 Å². The molecule has 2 rings (SSSR count).